The van der Waals surface area contributed by atoms with Crippen molar-refractivity contribution >= 4 is 11.6 Å². The van der Waals surface area contributed by atoms with Gasteiger partial charge in [0.1, 0.15) is 5.75 Å². The average Bonchev–Trinajstić information content (AvgIpc) is 2.46. The van der Waals surface area contributed by atoms with E-state index in [1.165, 1.54) is 16.7 Å². The number of aryl methyl sites for hydroxylation is 1. The second-order valence-corrected chi connectivity index (χ2v) is 5.20. The van der Waals surface area contributed by atoms with Crippen LogP contribution in [0.5, 0.6) is 5.75 Å². The summed E-state index contributed by atoms with van der Waals surface area (Å²) >= 11 is 6.15. The highest BCUT2D eigenvalue weighted by Gasteiger charge is 2.08. The van der Waals surface area contributed by atoms with Crippen molar-refractivity contribution in [2.24, 2.45) is 0 Å². The Balaban J connectivity index is 2.44. The third-order valence-electron chi connectivity index (χ3n) is 3.34. The topological polar surface area (TPSA) is 21.3 Å². The molecular weight excluding hydrogens is 270 g/mol. The van der Waals surface area contributed by atoms with Crippen molar-refractivity contribution < 1.29 is 4.74 Å². The summed E-state index contributed by atoms with van der Waals surface area (Å²) in [5.74, 6) is 0.906. The fourth-order valence-corrected chi connectivity index (χ4v) is 2.45. The maximum absolute atomic E-state index is 6.15. The number of ether oxygens (including phenoxy) is 1. The first-order chi connectivity index (χ1) is 9.65. The Bertz CT molecular complexity index is 596. The molecule has 0 aromatic heterocycles. The number of halogens is 1. The van der Waals surface area contributed by atoms with E-state index in [1.54, 1.807) is 7.11 Å². The van der Waals surface area contributed by atoms with Crippen LogP contribution in [-0.2, 0) is 6.54 Å². The molecule has 0 fully saturated rings. The summed E-state index contributed by atoms with van der Waals surface area (Å²) in [5, 5.41) is 4.12. The van der Waals surface area contributed by atoms with Crippen molar-refractivity contribution in [3.05, 3.63) is 52.5 Å². The standard InChI is InChI=1S/C17H20ClNO/c1-4-19-11-14-5-7-15(18)10-16(14)13-6-8-17(20-3)12(2)9-13/h5-10,19H,4,11H2,1-3H3. The molecule has 2 aromatic carbocycles. The van der Waals surface area contributed by atoms with Gasteiger partial charge in [0, 0.05) is 11.6 Å². The number of rotatable bonds is 5. The minimum atomic E-state index is 0.758. The van der Waals surface area contributed by atoms with E-state index in [9.17, 15) is 0 Å². The molecule has 0 amide bonds. The Morgan fingerprint density at radius 3 is 2.60 bits per heavy atom. The Hall–Kier alpha value is -1.51. The Kier molecular flexibility index (Phi) is 5.05. The van der Waals surface area contributed by atoms with Crippen LogP contribution < -0.4 is 10.1 Å². The molecule has 106 valence electrons. The molecule has 0 aliphatic heterocycles. The zero-order valence-electron chi connectivity index (χ0n) is 12.2. The maximum atomic E-state index is 6.15. The molecule has 0 aliphatic carbocycles. The Morgan fingerprint density at radius 2 is 1.95 bits per heavy atom. The maximum Gasteiger partial charge on any atom is 0.121 e. The van der Waals surface area contributed by atoms with Gasteiger partial charge in [0.05, 0.1) is 7.11 Å². The molecule has 0 atom stereocenters. The third kappa shape index (κ3) is 3.33. The molecule has 2 rings (SSSR count). The molecule has 2 aromatic rings. The summed E-state index contributed by atoms with van der Waals surface area (Å²) in [6.45, 7) is 5.95. The summed E-state index contributed by atoms with van der Waals surface area (Å²) in [6, 6.07) is 12.3. The molecule has 20 heavy (non-hydrogen) atoms. The molecule has 2 nitrogen and oxygen atoms in total. The van der Waals surface area contributed by atoms with Crippen LogP contribution in [0.25, 0.3) is 11.1 Å². The van der Waals surface area contributed by atoms with Crippen LogP contribution in [0.2, 0.25) is 5.02 Å². The number of hydrogen-bond acceptors (Lipinski definition) is 2. The van der Waals surface area contributed by atoms with Crippen molar-refractivity contribution in [1.29, 1.82) is 0 Å². The van der Waals surface area contributed by atoms with Crippen molar-refractivity contribution in [3.8, 4) is 16.9 Å². The van der Waals surface area contributed by atoms with Crippen LogP contribution in [0.3, 0.4) is 0 Å². The Labute approximate surface area is 125 Å². The van der Waals surface area contributed by atoms with E-state index in [-0.39, 0.29) is 0 Å². The van der Waals surface area contributed by atoms with Crippen LogP contribution in [0.1, 0.15) is 18.1 Å². The van der Waals surface area contributed by atoms with Crippen molar-refractivity contribution in [2.75, 3.05) is 13.7 Å². The molecule has 1 N–H and O–H groups in total. The second-order valence-electron chi connectivity index (χ2n) is 4.77. The first-order valence-electron chi connectivity index (χ1n) is 6.80. The van der Waals surface area contributed by atoms with E-state index in [2.05, 4.69) is 37.4 Å². The van der Waals surface area contributed by atoms with Gasteiger partial charge in [0.15, 0.2) is 0 Å². The summed E-state index contributed by atoms with van der Waals surface area (Å²) in [6.07, 6.45) is 0. The van der Waals surface area contributed by atoms with Gasteiger partial charge < -0.3 is 10.1 Å². The van der Waals surface area contributed by atoms with E-state index in [0.717, 1.165) is 29.4 Å². The number of hydrogen-bond donors (Lipinski definition) is 1. The molecule has 0 saturated heterocycles. The summed E-state index contributed by atoms with van der Waals surface area (Å²) in [4.78, 5) is 0. The zero-order chi connectivity index (χ0) is 14.5. The van der Waals surface area contributed by atoms with E-state index in [4.69, 9.17) is 16.3 Å². The zero-order valence-corrected chi connectivity index (χ0v) is 12.9. The van der Waals surface area contributed by atoms with Gasteiger partial charge in [-0.3, -0.25) is 0 Å². The van der Waals surface area contributed by atoms with Gasteiger partial charge in [0.2, 0.25) is 0 Å². The lowest BCUT2D eigenvalue weighted by molar-refractivity contribution is 0.412. The predicted octanol–water partition coefficient (Wildman–Crippen LogP) is 4.43. The SMILES string of the molecule is CCNCc1ccc(Cl)cc1-c1ccc(OC)c(C)c1. The number of nitrogens with one attached hydrogen (secondary N) is 1. The Morgan fingerprint density at radius 1 is 1.15 bits per heavy atom. The number of benzene rings is 2. The van der Waals surface area contributed by atoms with E-state index in [0.29, 0.717) is 0 Å². The molecule has 0 radical (unpaired) electrons. The fourth-order valence-electron chi connectivity index (χ4n) is 2.28. The first kappa shape index (κ1) is 14.9. The lowest BCUT2D eigenvalue weighted by Crippen LogP contribution is -2.12. The average molecular weight is 290 g/mol. The van der Waals surface area contributed by atoms with Crippen molar-refractivity contribution in [1.82, 2.24) is 5.32 Å². The normalized spacial score (nSPS) is 10.6. The summed E-state index contributed by atoms with van der Waals surface area (Å²) < 4.78 is 5.32. The largest absolute Gasteiger partial charge is 0.496 e. The molecule has 0 unspecified atom stereocenters. The van der Waals surface area contributed by atoms with E-state index >= 15 is 0 Å². The molecule has 0 heterocycles. The molecule has 0 bridgehead atoms. The van der Waals surface area contributed by atoms with Gasteiger partial charge in [0.25, 0.3) is 0 Å². The molecule has 3 heteroatoms. The van der Waals surface area contributed by atoms with Gasteiger partial charge in [-0.15, -0.1) is 0 Å². The van der Waals surface area contributed by atoms with Crippen molar-refractivity contribution in [3.63, 3.8) is 0 Å². The summed E-state index contributed by atoms with van der Waals surface area (Å²) in [7, 11) is 1.69. The lowest BCUT2D eigenvalue weighted by Gasteiger charge is -2.13. The van der Waals surface area contributed by atoms with Gasteiger partial charge in [-0.1, -0.05) is 30.7 Å². The van der Waals surface area contributed by atoms with Gasteiger partial charge >= 0.3 is 0 Å². The van der Waals surface area contributed by atoms with Crippen LogP contribution in [-0.4, -0.2) is 13.7 Å². The lowest BCUT2D eigenvalue weighted by atomic mass is 9.98. The van der Waals surface area contributed by atoms with Gasteiger partial charge in [-0.25, -0.2) is 0 Å². The summed E-state index contributed by atoms with van der Waals surface area (Å²) in [5.41, 5.74) is 4.71. The van der Waals surface area contributed by atoms with E-state index in [1.807, 2.05) is 18.2 Å². The van der Waals surface area contributed by atoms with Crippen LogP contribution >= 0.6 is 11.6 Å². The minimum absolute atomic E-state index is 0.758. The first-order valence-corrected chi connectivity index (χ1v) is 7.17. The highest BCUT2D eigenvalue weighted by Crippen LogP contribution is 2.30. The van der Waals surface area contributed by atoms with Crippen LogP contribution in [0.4, 0.5) is 0 Å². The molecular formula is C17H20ClNO. The van der Waals surface area contributed by atoms with Gasteiger partial charge in [-0.05, 0) is 60.0 Å². The van der Waals surface area contributed by atoms with Gasteiger partial charge in [-0.2, -0.15) is 0 Å². The highest BCUT2D eigenvalue weighted by molar-refractivity contribution is 6.30. The molecule has 0 saturated carbocycles. The van der Waals surface area contributed by atoms with Crippen molar-refractivity contribution in [2.45, 2.75) is 20.4 Å². The van der Waals surface area contributed by atoms with Crippen LogP contribution in [0, 0.1) is 6.92 Å². The molecule has 0 spiro atoms. The quantitative estimate of drug-likeness (QED) is 0.879. The smallest absolute Gasteiger partial charge is 0.121 e. The predicted molar refractivity (Wildman–Crippen MR) is 85.6 cm³/mol. The monoisotopic (exact) mass is 289 g/mol. The fraction of sp³-hybridized carbons (Fsp3) is 0.294. The van der Waals surface area contributed by atoms with Crippen LogP contribution in [0.15, 0.2) is 36.4 Å². The molecule has 0 aliphatic rings. The highest BCUT2D eigenvalue weighted by atomic mass is 35.5. The third-order valence-corrected chi connectivity index (χ3v) is 3.58. The van der Waals surface area contributed by atoms with E-state index < -0.39 is 0 Å². The number of methoxy groups -OCH3 is 1. The second kappa shape index (κ2) is 6.78. The minimum Gasteiger partial charge on any atom is -0.496 e.